The Labute approximate surface area is 171 Å². The highest BCUT2D eigenvalue weighted by Crippen LogP contribution is 2.26. The molecule has 7 nitrogen and oxygen atoms in total. The zero-order valence-electron chi connectivity index (χ0n) is 17.9. The molecule has 0 N–H and O–H groups in total. The topological polar surface area (TPSA) is 85.3 Å². The minimum atomic E-state index is -0.0849. The van der Waals surface area contributed by atoms with Gasteiger partial charge < -0.3 is 13.8 Å². The summed E-state index contributed by atoms with van der Waals surface area (Å²) in [6.45, 7) is 13.1. The Kier molecular flexibility index (Phi) is 5.86. The summed E-state index contributed by atoms with van der Waals surface area (Å²) in [5.41, 5.74) is 2.06. The van der Waals surface area contributed by atoms with Crippen molar-refractivity contribution in [2.45, 2.75) is 53.4 Å². The number of aromatic nitrogens is 3. The van der Waals surface area contributed by atoms with E-state index in [0.717, 1.165) is 11.5 Å². The number of carbonyl (C=O) groups is 1. The molecule has 1 amide bonds. The molecule has 0 bridgehead atoms. The summed E-state index contributed by atoms with van der Waals surface area (Å²) >= 11 is 0. The average Bonchev–Trinajstić information content (AvgIpc) is 3.27. The Hall–Kier alpha value is -2.96. The standard InChI is InChI=1S/C22H28N4O3/c1-7-26(13-12-18-24-19(14(2)28-18)22(4,5)6)21(27)17-11-9-8-10-16(17)20-23-15(3)25-29-20/h8-11H,7,12-13H2,1-6H3. The normalized spacial score (nSPS) is 11.7. The summed E-state index contributed by atoms with van der Waals surface area (Å²) in [7, 11) is 0. The van der Waals surface area contributed by atoms with Gasteiger partial charge in [-0.1, -0.05) is 38.1 Å². The molecule has 0 aliphatic rings. The summed E-state index contributed by atoms with van der Waals surface area (Å²) in [6.07, 6.45) is 0.554. The Bertz CT molecular complexity index is 998. The zero-order chi connectivity index (χ0) is 21.2. The van der Waals surface area contributed by atoms with Gasteiger partial charge in [-0.05, 0) is 32.9 Å². The van der Waals surface area contributed by atoms with Crippen LogP contribution in [0.3, 0.4) is 0 Å². The number of hydrogen-bond donors (Lipinski definition) is 0. The first kappa shape index (κ1) is 20.8. The van der Waals surface area contributed by atoms with Gasteiger partial charge in [0.2, 0.25) is 0 Å². The first-order valence-electron chi connectivity index (χ1n) is 9.86. The van der Waals surface area contributed by atoms with Crippen molar-refractivity contribution < 1.29 is 13.7 Å². The molecule has 0 aliphatic carbocycles. The third-order valence-corrected chi connectivity index (χ3v) is 4.73. The van der Waals surface area contributed by atoms with E-state index in [4.69, 9.17) is 8.94 Å². The average molecular weight is 396 g/mol. The van der Waals surface area contributed by atoms with Crippen LogP contribution in [0.5, 0.6) is 0 Å². The van der Waals surface area contributed by atoms with E-state index < -0.39 is 0 Å². The Morgan fingerprint density at radius 1 is 1.14 bits per heavy atom. The van der Waals surface area contributed by atoms with E-state index >= 15 is 0 Å². The molecular formula is C22H28N4O3. The van der Waals surface area contributed by atoms with Crippen LogP contribution in [0.25, 0.3) is 11.5 Å². The second-order valence-corrected chi connectivity index (χ2v) is 8.09. The lowest BCUT2D eigenvalue weighted by atomic mass is 9.91. The van der Waals surface area contributed by atoms with Crippen LogP contribution in [0.2, 0.25) is 0 Å². The number of amides is 1. The molecule has 29 heavy (non-hydrogen) atoms. The van der Waals surface area contributed by atoms with Gasteiger partial charge in [0.1, 0.15) is 5.76 Å². The van der Waals surface area contributed by atoms with E-state index in [1.165, 1.54) is 0 Å². The van der Waals surface area contributed by atoms with Crippen LogP contribution in [0.1, 0.15) is 61.2 Å². The molecule has 0 radical (unpaired) electrons. The quantitative estimate of drug-likeness (QED) is 0.616. The van der Waals surface area contributed by atoms with Gasteiger partial charge in [0, 0.05) is 24.9 Å². The molecular weight excluding hydrogens is 368 g/mol. The predicted molar refractivity (Wildman–Crippen MR) is 110 cm³/mol. The fourth-order valence-electron chi connectivity index (χ4n) is 3.32. The van der Waals surface area contributed by atoms with E-state index in [-0.39, 0.29) is 11.3 Å². The molecule has 3 rings (SSSR count). The number of oxazole rings is 1. The summed E-state index contributed by atoms with van der Waals surface area (Å²) in [6, 6.07) is 7.29. The number of carbonyl (C=O) groups excluding carboxylic acids is 1. The molecule has 0 saturated heterocycles. The van der Waals surface area contributed by atoms with Crippen molar-refractivity contribution in [1.29, 1.82) is 0 Å². The minimum Gasteiger partial charge on any atom is -0.446 e. The van der Waals surface area contributed by atoms with Crippen molar-refractivity contribution in [2.75, 3.05) is 13.1 Å². The molecule has 3 aromatic rings. The number of nitrogens with zero attached hydrogens (tertiary/aromatic N) is 4. The van der Waals surface area contributed by atoms with E-state index in [1.54, 1.807) is 17.9 Å². The van der Waals surface area contributed by atoms with Crippen LogP contribution in [0, 0.1) is 13.8 Å². The SMILES string of the molecule is CCN(CCc1nc(C(C)(C)C)c(C)o1)C(=O)c1ccccc1-c1nc(C)no1. The largest absolute Gasteiger partial charge is 0.446 e. The third kappa shape index (κ3) is 4.55. The predicted octanol–water partition coefficient (Wildman–Crippen LogP) is 4.34. The lowest BCUT2D eigenvalue weighted by Crippen LogP contribution is -2.33. The van der Waals surface area contributed by atoms with Gasteiger partial charge in [0.25, 0.3) is 11.8 Å². The first-order valence-corrected chi connectivity index (χ1v) is 9.86. The minimum absolute atomic E-state index is 0.0761. The van der Waals surface area contributed by atoms with Gasteiger partial charge >= 0.3 is 0 Å². The van der Waals surface area contributed by atoms with Crippen LogP contribution in [-0.4, -0.2) is 39.0 Å². The maximum absolute atomic E-state index is 13.2. The van der Waals surface area contributed by atoms with Gasteiger partial charge in [0.15, 0.2) is 11.7 Å². The molecule has 2 heterocycles. The summed E-state index contributed by atoms with van der Waals surface area (Å²) in [5.74, 6) is 2.28. The molecule has 7 heteroatoms. The third-order valence-electron chi connectivity index (χ3n) is 4.73. The Balaban J connectivity index is 1.79. The smallest absolute Gasteiger partial charge is 0.258 e. The number of hydrogen-bond acceptors (Lipinski definition) is 6. The van der Waals surface area contributed by atoms with Crippen LogP contribution in [0.4, 0.5) is 0 Å². The molecule has 0 saturated carbocycles. The van der Waals surface area contributed by atoms with Crippen molar-refractivity contribution in [3.63, 3.8) is 0 Å². The van der Waals surface area contributed by atoms with Gasteiger partial charge in [-0.15, -0.1) is 0 Å². The van der Waals surface area contributed by atoms with Crippen molar-refractivity contribution in [2.24, 2.45) is 0 Å². The van der Waals surface area contributed by atoms with E-state index in [1.807, 2.05) is 32.0 Å². The second kappa shape index (κ2) is 8.19. The highest BCUT2D eigenvalue weighted by atomic mass is 16.5. The fourth-order valence-corrected chi connectivity index (χ4v) is 3.32. The van der Waals surface area contributed by atoms with E-state index in [9.17, 15) is 4.79 Å². The van der Waals surface area contributed by atoms with Crippen LogP contribution < -0.4 is 0 Å². The molecule has 0 aliphatic heterocycles. The number of rotatable bonds is 6. The monoisotopic (exact) mass is 396 g/mol. The van der Waals surface area contributed by atoms with Crippen molar-refractivity contribution in [1.82, 2.24) is 20.0 Å². The molecule has 1 aromatic carbocycles. The second-order valence-electron chi connectivity index (χ2n) is 8.09. The Morgan fingerprint density at radius 2 is 1.86 bits per heavy atom. The van der Waals surface area contributed by atoms with Crippen molar-refractivity contribution >= 4 is 5.91 Å². The molecule has 0 fully saturated rings. The van der Waals surface area contributed by atoms with Gasteiger partial charge in [-0.25, -0.2) is 4.98 Å². The molecule has 2 aromatic heterocycles. The number of benzene rings is 1. The maximum Gasteiger partial charge on any atom is 0.258 e. The fraction of sp³-hybridized carbons (Fsp3) is 0.455. The Morgan fingerprint density at radius 3 is 2.45 bits per heavy atom. The highest BCUT2D eigenvalue weighted by Gasteiger charge is 2.24. The number of likely N-dealkylation sites (N-methyl/N-ethyl adjacent to an activating group) is 1. The van der Waals surface area contributed by atoms with Gasteiger partial charge in [-0.3, -0.25) is 4.79 Å². The molecule has 0 atom stereocenters. The summed E-state index contributed by atoms with van der Waals surface area (Å²) < 4.78 is 11.1. The van der Waals surface area contributed by atoms with Crippen molar-refractivity contribution in [3.8, 4) is 11.5 Å². The number of aryl methyl sites for hydroxylation is 2. The molecule has 0 unspecified atom stereocenters. The van der Waals surface area contributed by atoms with Gasteiger partial charge in [-0.2, -0.15) is 4.98 Å². The lowest BCUT2D eigenvalue weighted by Gasteiger charge is -2.21. The zero-order valence-corrected chi connectivity index (χ0v) is 17.9. The summed E-state index contributed by atoms with van der Waals surface area (Å²) in [5, 5.41) is 3.83. The molecule has 154 valence electrons. The first-order chi connectivity index (χ1) is 13.7. The van der Waals surface area contributed by atoms with E-state index in [2.05, 4.69) is 35.9 Å². The lowest BCUT2D eigenvalue weighted by molar-refractivity contribution is 0.0764. The van der Waals surface area contributed by atoms with Crippen LogP contribution in [0.15, 0.2) is 33.2 Å². The van der Waals surface area contributed by atoms with E-state index in [0.29, 0.717) is 48.2 Å². The van der Waals surface area contributed by atoms with Gasteiger partial charge in [0.05, 0.1) is 16.8 Å². The highest BCUT2D eigenvalue weighted by molar-refractivity contribution is 5.99. The van der Waals surface area contributed by atoms with Crippen molar-refractivity contribution in [3.05, 3.63) is 53.0 Å². The summed E-state index contributed by atoms with van der Waals surface area (Å²) in [4.78, 5) is 23.9. The van der Waals surface area contributed by atoms with Crippen LogP contribution in [-0.2, 0) is 11.8 Å². The maximum atomic E-state index is 13.2. The molecule has 0 spiro atoms. The van der Waals surface area contributed by atoms with Crippen LogP contribution >= 0.6 is 0 Å².